The number of halogens is 1. The smallest absolute Gasteiger partial charge is 0.270 e. The lowest BCUT2D eigenvalue weighted by atomic mass is 10.1. The van der Waals surface area contributed by atoms with E-state index < -0.39 is 11.8 Å². The van der Waals surface area contributed by atoms with Gasteiger partial charge in [0.05, 0.1) is 16.3 Å². The molecule has 3 amide bonds. The first-order valence-electron chi connectivity index (χ1n) is 10.9. The summed E-state index contributed by atoms with van der Waals surface area (Å²) in [5, 5.41) is 3.07. The van der Waals surface area contributed by atoms with E-state index in [0.29, 0.717) is 25.5 Å². The van der Waals surface area contributed by atoms with Gasteiger partial charge in [0.15, 0.2) is 9.43 Å². The van der Waals surface area contributed by atoms with Gasteiger partial charge in [-0.2, -0.15) is 0 Å². The summed E-state index contributed by atoms with van der Waals surface area (Å²) in [6.45, 7) is 0. The van der Waals surface area contributed by atoms with Crippen molar-refractivity contribution in [1.29, 1.82) is 0 Å². The average Bonchev–Trinajstić information content (AvgIpc) is 3.16. The summed E-state index contributed by atoms with van der Waals surface area (Å²) in [5.41, 5.74) is 2.57. The number of rotatable bonds is 4. The van der Waals surface area contributed by atoms with Crippen LogP contribution >= 0.6 is 47.8 Å². The lowest BCUT2D eigenvalue weighted by molar-refractivity contribution is -0.122. The molecule has 0 aromatic heterocycles. The van der Waals surface area contributed by atoms with Gasteiger partial charge in [0.2, 0.25) is 0 Å². The third kappa shape index (κ3) is 5.12. The van der Waals surface area contributed by atoms with Crippen LogP contribution in [0, 0.1) is 0 Å². The average molecular weight is 562 g/mol. The minimum absolute atomic E-state index is 0.00219. The quantitative estimate of drug-likeness (QED) is 0.255. The van der Waals surface area contributed by atoms with Gasteiger partial charge in [-0.05, 0) is 71.9 Å². The van der Waals surface area contributed by atoms with Crippen molar-refractivity contribution in [2.24, 2.45) is 0 Å². The van der Waals surface area contributed by atoms with Crippen LogP contribution in [-0.4, -0.2) is 27.2 Å². The number of carbonyl (C=O) groups excluding carboxylic acids is 3. The Morgan fingerprint density at radius 1 is 0.730 bits per heavy atom. The molecule has 3 aromatic carbocycles. The fraction of sp³-hybridized carbons (Fsp3) is 0. The number of carbonyl (C=O) groups is 3. The molecule has 2 fully saturated rings. The highest BCUT2D eigenvalue weighted by atomic mass is 35.5. The number of nitrogens with one attached hydrogen (secondary N) is 1. The Hall–Kier alpha value is -3.63. The molecule has 5 rings (SSSR count). The molecule has 0 aliphatic carbocycles. The number of hydrogen-bond donors (Lipinski definition) is 1. The summed E-state index contributed by atoms with van der Waals surface area (Å²) in [7, 11) is 0. The molecule has 0 saturated carbocycles. The van der Waals surface area contributed by atoms with E-state index in [1.54, 1.807) is 54.6 Å². The van der Waals surface area contributed by atoms with Crippen molar-refractivity contribution in [2.45, 2.75) is 0 Å². The van der Waals surface area contributed by atoms with E-state index in [0.717, 1.165) is 11.3 Å². The molecule has 10 heteroatoms. The first kappa shape index (κ1) is 25.0. The lowest BCUT2D eigenvalue weighted by Crippen LogP contribution is -2.54. The maximum absolute atomic E-state index is 13.2. The molecule has 0 bridgehead atoms. The van der Waals surface area contributed by atoms with Crippen molar-refractivity contribution in [1.82, 2.24) is 5.32 Å². The Morgan fingerprint density at radius 2 is 1.32 bits per heavy atom. The fourth-order valence-electron chi connectivity index (χ4n) is 3.76. The third-order valence-corrected chi connectivity index (χ3v) is 7.38. The van der Waals surface area contributed by atoms with Crippen molar-refractivity contribution in [3.05, 3.63) is 105 Å². The van der Waals surface area contributed by atoms with E-state index in [9.17, 15) is 14.4 Å². The zero-order valence-electron chi connectivity index (χ0n) is 18.9. The molecule has 0 atom stereocenters. The Bertz CT molecular complexity index is 1520. The van der Waals surface area contributed by atoms with Gasteiger partial charge in [0, 0.05) is 5.02 Å². The highest BCUT2D eigenvalue weighted by molar-refractivity contribution is 8.27. The minimum Gasteiger partial charge on any atom is -0.298 e. The molecule has 37 heavy (non-hydrogen) atoms. The monoisotopic (exact) mass is 561 g/mol. The first-order chi connectivity index (χ1) is 17.8. The molecular formula is C27H16ClN3O3S3. The van der Waals surface area contributed by atoms with Gasteiger partial charge in [0.1, 0.15) is 5.57 Å². The summed E-state index contributed by atoms with van der Waals surface area (Å²) < 4.78 is 0.466. The molecule has 0 unspecified atom stereocenters. The van der Waals surface area contributed by atoms with Crippen LogP contribution in [0.25, 0.3) is 12.2 Å². The normalized spacial score (nSPS) is 18.2. The lowest BCUT2D eigenvalue weighted by Gasteiger charge is -2.28. The van der Waals surface area contributed by atoms with Gasteiger partial charge >= 0.3 is 0 Å². The number of thiocarbonyl (C=S) groups is 2. The highest BCUT2D eigenvalue weighted by Crippen LogP contribution is 2.36. The predicted octanol–water partition coefficient (Wildman–Crippen LogP) is 5.58. The van der Waals surface area contributed by atoms with Gasteiger partial charge in [-0.1, -0.05) is 78.0 Å². The van der Waals surface area contributed by atoms with Crippen LogP contribution in [0.2, 0.25) is 5.02 Å². The number of amides is 3. The molecular weight excluding hydrogens is 546 g/mol. The molecule has 2 heterocycles. The van der Waals surface area contributed by atoms with Crippen molar-refractivity contribution < 1.29 is 14.4 Å². The van der Waals surface area contributed by atoms with E-state index in [4.69, 9.17) is 36.0 Å². The summed E-state index contributed by atoms with van der Waals surface area (Å²) in [6, 6.07) is 22.9. The Balaban J connectivity index is 1.37. The molecule has 2 aliphatic rings. The van der Waals surface area contributed by atoms with Crippen molar-refractivity contribution in [2.75, 3.05) is 9.80 Å². The zero-order chi connectivity index (χ0) is 26.1. The van der Waals surface area contributed by atoms with Crippen LogP contribution in [0.3, 0.4) is 0 Å². The standard InChI is InChI=1S/C27H16ClN3O3S3/c28-18-10-12-20(13-11-18)30-24(33)21(23(32)29-26(30)35)14-16-6-8-17(9-7-16)15-22-25(34)31(27(36)37-22)19-4-2-1-3-5-19/h1-15H,(H,29,32,35)/b21-14+,22-15-. The van der Waals surface area contributed by atoms with Crippen LogP contribution in [0.15, 0.2) is 89.3 Å². The first-order valence-corrected chi connectivity index (χ1v) is 12.9. The number of nitrogens with zero attached hydrogens (tertiary/aromatic N) is 2. The highest BCUT2D eigenvalue weighted by Gasteiger charge is 2.35. The second-order valence-electron chi connectivity index (χ2n) is 7.95. The minimum atomic E-state index is -0.575. The van der Waals surface area contributed by atoms with Crippen LogP contribution in [0.1, 0.15) is 11.1 Å². The van der Waals surface area contributed by atoms with E-state index in [-0.39, 0.29) is 16.6 Å². The predicted molar refractivity (Wildman–Crippen MR) is 156 cm³/mol. The molecule has 2 aliphatic heterocycles. The third-order valence-electron chi connectivity index (χ3n) is 5.54. The summed E-state index contributed by atoms with van der Waals surface area (Å²) in [5.74, 6) is -1.30. The van der Waals surface area contributed by atoms with Gasteiger partial charge < -0.3 is 0 Å². The summed E-state index contributed by atoms with van der Waals surface area (Å²) >= 11 is 17.8. The van der Waals surface area contributed by atoms with Crippen LogP contribution in [-0.2, 0) is 14.4 Å². The molecule has 6 nitrogen and oxygen atoms in total. The van der Waals surface area contributed by atoms with Crippen LogP contribution in [0.5, 0.6) is 0 Å². The molecule has 2 saturated heterocycles. The number of anilines is 2. The van der Waals surface area contributed by atoms with E-state index >= 15 is 0 Å². The van der Waals surface area contributed by atoms with Gasteiger partial charge in [0.25, 0.3) is 17.7 Å². The molecule has 0 spiro atoms. The zero-order valence-corrected chi connectivity index (χ0v) is 22.1. The number of benzene rings is 3. The molecule has 3 aromatic rings. The second kappa shape index (κ2) is 10.4. The fourth-order valence-corrected chi connectivity index (χ4v) is 5.46. The SMILES string of the molecule is O=C1NC(=S)N(c2ccc(Cl)cc2)C(=O)/C1=C/c1ccc(/C=C2\SC(=S)N(c3ccccc3)C2=O)cc1. The molecule has 0 radical (unpaired) electrons. The van der Waals surface area contributed by atoms with Crippen LogP contribution in [0.4, 0.5) is 11.4 Å². The summed E-state index contributed by atoms with van der Waals surface area (Å²) in [4.78, 5) is 41.9. The van der Waals surface area contributed by atoms with E-state index in [1.165, 1.54) is 27.6 Å². The van der Waals surface area contributed by atoms with E-state index in [2.05, 4.69) is 5.32 Å². The Morgan fingerprint density at radius 3 is 1.97 bits per heavy atom. The van der Waals surface area contributed by atoms with Crippen molar-refractivity contribution in [3.8, 4) is 0 Å². The number of thioether (sulfide) groups is 1. The molecule has 1 N–H and O–H groups in total. The maximum Gasteiger partial charge on any atom is 0.270 e. The van der Waals surface area contributed by atoms with Gasteiger partial charge in [-0.3, -0.25) is 29.5 Å². The second-order valence-corrected chi connectivity index (χ2v) is 10.5. The number of para-hydroxylation sites is 1. The van der Waals surface area contributed by atoms with E-state index in [1.807, 2.05) is 30.3 Å². The van der Waals surface area contributed by atoms with Crippen LogP contribution < -0.4 is 15.1 Å². The van der Waals surface area contributed by atoms with Crippen molar-refractivity contribution >= 4 is 98.5 Å². The largest absolute Gasteiger partial charge is 0.298 e. The van der Waals surface area contributed by atoms with Crippen molar-refractivity contribution in [3.63, 3.8) is 0 Å². The summed E-state index contributed by atoms with van der Waals surface area (Å²) in [6.07, 6.45) is 3.26. The number of hydrogen-bond acceptors (Lipinski definition) is 6. The maximum atomic E-state index is 13.2. The van der Waals surface area contributed by atoms with Gasteiger partial charge in [-0.25, -0.2) is 0 Å². The topological polar surface area (TPSA) is 69.7 Å². The molecule has 182 valence electrons. The Kier molecular flexibility index (Phi) is 7.03. The van der Waals surface area contributed by atoms with Gasteiger partial charge in [-0.15, -0.1) is 0 Å². The Labute approximate surface area is 232 Å².